The molecule has 10 atom stereocenters. The minimum atomic E-state index is -1.40. The first-order valence-corrected chi connectivity index (χ1v) is 12.8. The topological polar surface area (TPSA) is 109 Å². The molecule has 1 amide bonds. The van der Waals surface area contributed by atoms with Gasteiger partial charge in [0.25, 0.3) is 0 Å². The highest BCUT2D eigenvalue weighted by molar-refractivity contribution is 6.00. The van der Waals surface area contributed by atoms with Crippen molar-refractivity contribution in [3.05, 3.63) is 35.4 Å². The van der Waals surface area contributed by atoms with E-state index in [1.54, 1.807) is 14.2 Å². The SMILES string of the molecule is COC(=O)[C@@]12O[C@@](C(=O)OC)([C@H]3[C@@H]4C(=O)N[C@@H]4[C@H]31)[C@H]1[C@@H]2[C@H]2C[C@@H]1c1c2c(OC)c2ccccc2c1OC. The van der Waals surface area contributed by atoms with Crippen molar-refractivity contribution in [2.24, 2.45) is 29.6 Å². The summed E-state index contributed by atoms with van der Waals surface area (Å²) in [4.78, 5) is 40.1. The lowest BCUT2D eigenvalue weighted by molar-refractivity contribution is -0.190. The van der Waals surface area contributed by atoms with Crippen LogP contribution in [0.3, 0.4) is 0 Å². The summed E-state index contributed by atoms with van der Waals surface area (Å²) < 4.78 is 29.6. The standard InChI is InChI=1S/C28H27NO8/c1-33-22-10-7-5-6-8-11(10)23(34-2)15-13-9-12(14(15)22)17-18(13)28(26(32)36-4)20-19(16-21(20)29-24(16)30)27(17,37-28)25(31)35-3/h5-8,12-13,16-21H,9H2,1-4H3,(H,29,30)/t12-,13+,16+,17-,18+,19+,20+,21+,27-,28+/m1/s1. The van der Waals surface area contributed by atoms with E-state index in [0.29, 0.717) is 0 Å². The van der Waals surface area contributed by atoms with Crippen molar-refractivity contribution < 1.29 is 38.1 Å². The van der Waals surface area contributed by atoms with Crippen molar-refractivity contribution in [1.82, 2.24) is 5.32 Å². The monoisotopic (exact) mass is 505 g/mol. The summed E-state index contributed by atoms with van der Waals surface area (Å²) in [5.74, 6) is -1.64. The Morgan fingerprint density at radius 2 is 1.35 bits per heavy atom. The number of hydrogen-bond acceptors (Lipinski definition) is 8. The van der Waals surface area contributed by atoms with E-state index in [9.17, 15) is 14.4 Å². The quantitative estimate of drug-likeness (QED) is 0.381. The number of benzene rings is 2. The molecule has 192 valence electrons. The molecule has 5 fully saturated rings. The van der Waals surface area contributed by atoms with Gasteiger partial charge in [0.2, 0.25) is 5.91 Å². The fraction of sp³-hybridized carbons (Fsp3) is 0.536. The maximum absolute atomic E-state index is 13.8. The van der Waals surface area contributed by atoms with Crippen LogP contribution in [0.25, 0.3) is 10.8 Å². The molecule has 2 aromatic carbocycles. The molecule has 9 heteroatoms. The average Bonchev–Trinajstić information content (AvgIpc) is 3.63. The molecule has 0 radical (unpaired) electrons. The number of nitrogens with one attached hydrogen (secondary N) is 1. The van der Waals surface area contributed by atoms with Gasteiger partial charge in [-0.2, -0.15) is 0 Å². The van der Waals surface area contributed by atoms with Crippen LogP contribution in [0, 0.1) is 29.6 Å². The van der Waals surface area contributed by atoms with E-state index in [1.165, 1.54) is 14.2 Å². The van der Waals surface area contributed by atoms with Gasteiger partial charge in [-0.25, -0.2) is 9.59 Å². The Morgan fingerprint density at radius 1 is 0.838 bits per heavy atom. The van der Waals surface area contributed by atoms with Crippen LogP contribution in [-0.4, -0.2) is 63.5 Å². The minimum Gasteiger partial charge on any atom is -0.496 e. The smallest absolute Gasteiger partial charge is 0.338 e. The first kappa shape index (κ1) is 21.7. The van der Waals surface area contributed by atoms with E-state index in [0.717, 1.165) is 39.8 Å². The lowest BCUT2D eigenvalue weighted by Gasteiger charge is -2.64. The Bertz CT molecular complexity index is 1450. The highest BCUT2D eigenvalue weighted by Crippen LogP contribution is 2.82. The average molecular weight is 506 g/mol. The Kier molecular flexibility index (Phi) is 3.85. The van der Waals surface area contributed by atoms with Crippen molar-refractivity contribution >= 4 is 28.6 Å². The van der Waals surface area contributed by atoms with Crippen LogP contribution < -0.4 is 14.8 Å². The summed E-state index contributed by atoms with van der Waals surface area (Å²) in [6.45, 7) is 0. The molecule has 3 aliphatic carbocycles. The van der Waals surface area contributed by atoms with Gasteiger partial charge in [-0.05, 0) is 18.3 Å². The molecule has 0 spiro atoms. The summed E-state index contributed by atoms with van der Waals surface area (Å²) in [5, 5.41) is 4.84. The van der Waals surface area contributed by atoms with Gasteiger partial charge in [-0.1, -0.05) is 24.3 Å². The molecule has 3 aliphatic heterocycles. The second-order valence-electron chi connectivity index (χ2n) is 11.2. The Balaban J connectivity index is 1.43. The molecule has 6 aliphatic rings. The number of carbonyl (C=O) groups excluding carboxylic acids is 3. The molecule has 2 saturated carbocycles. The number of ether oxygens (including phenoxy) is 5. The second kappa shape index (κ2) is 6.56. The van der Waals surface area contributed by atoms with Crippen LogP contribution >= 0.6 is 0 Å². The van der Waals surface area contributed by atoms with E-state index in [2.05, 4.69) is 5.32 Å². The Hall–Kier alpha value is -3.33. The minimum absolute atomic E-state index is 0.101. The third-order valence-corrected chi connectivity index (χ3v) is 10.6. The van der Waals surface area contributed by atoms with Crippen LogP contribution in [0.2, 0.25) is 0 Å². The van der Waals surface area contributed by atoms with Crippen molar-refractivity contribution in [2.45, 2.75) is 35.5 Å². The Labute approximate surface area is 212 Å². The first-order valence-electron chi connectivity index (χ1n) is 12.8. The summed E-state index contributed by atoms with van der Waals surface area (Å²) >= 11 is 0. The molecule has 37 heavy (non-hydrogen) atoms. The highest BCUT2D eigenvalue weighted by atomic mass is 16.6. The van der Waals surface area contributed by atoms with E-state index in [4.69, 9.17) is 23.7 Å². The predicted molar refractivity (Wildman–Crippen MR) is 127 cm³/mol. The molecule has 9 nitrogen and oxygen atoms in total. The van der Waals surface area contributed by atoms with E-state index in [-0.39, 0.29) is 47.5 Å². The van der Waals surface area contributed by atoms with E-state index >= 15 is 0 Å². The van der Waals surface area contributed by atoms with Gasteiger partial charge in [0, 0.05) is 51.6 Å². The molecule has 0 aromatic heterocycles. The number of hydrogen-bond donors (Lipinski definition) is 1. The molecule has 4 bridgehead atoms. The predicted octanol–water partition coefficient (Wildman–Crippen LogP) is 1.90. The van der Waals surface area contributed by atoms with Crippen LogP contribution in [0.1, 0.15) is 29.4 Å². The van der Waals surface area contributed by atoms with Gasteiger partial charge < -0.3 is 29.0 Å². The lowest BCUT2D eigenvalue weighted by atomic mass is 9.40. The van der Waals surface area contributed by atoms with Crippen molar-refractivity contribution in [3.8, 4) is 11.5 Å². The number of rotatable bonds is 4. The molecule has 8 rings (SSSR count). The Morgan fingerprint density at radius 3 is 1.81 bits per heavy atom. The fourth-order valence-corrected chi connectivity index (χ4v) is 9.81. The normalized spacial score (nSPS) is 42.5. The fourth-order valence-electron chi connectivity index (χ4n) is 9.81. The largest absolute Gasteiger partial charge is 0.496 e. The number of β-lactam (4-membered cyclic amide) rings is 1. The summed E-state index contributed by atoms with van der Waals surface area (Å²) in [6, 6.07) is 7.74. The number of piperidine rings is 1. The molecule has 3 saturated heterocycles. The van der Waals surface area contributed by atoms with Gasteiger partial charge >= 0.3 is 11.9 Å². The van der Waals surface area contributed by atoms with Crippen molar-refractivity contribution in [2.75, 3.05) is 28.4 Å². The van der Waals surface area contributed by atoms with Crippen molar-refractivity contribution in [1.29, 1.82) is 0 Å². The number of amides is 1. The van der Waals surface area contributed by atoms with Gasteiger partial charge in [0.15, 0.2) is 11.2 Å². The molecule has 2 aromatic rings. The van der Waals surface area contributed by atoms with E-state index < -0.39 is 29.1 Å². The molecule has 1 N–H and O–H groups in total. The molecular formula is C28H27NO8. The third-order valence-electron chi connectivity index (χ3n) is 10.6. The zero-order valence-electron chi connectivity index (χ0n) is 20.9. The molecule has 0 unspecified atom stereocenters. The zero-order chi connectivity index (χ0) is 25.6. The summed E-state index contributed by atoms with van der Waals surface area (Å²) in [7, 11) is 6.02. The van der Waals surface area contributed by atoms with E-state index in [1.807, 2.05) is 24.3 Å². The lowest BCUT2D eigenvalue weighted by Crippen LogP contribution is -2.82. The second-order valence-corrected chi connectivity index (χ2v) is 11.2. The van der Waals surface area contributed by atoms with Crippen LogP contribution in [0.15, 0.2) is 24.3 Å². The van der Waals surface area contributed by atoms with Gasteiger partial charge in [-0.15, -0.1) is 0 Å². The van der Waals surface area contributed by atoms with Gasteiger partial charge in [-0.3, -0.25) is 4.79 Å². The van der Waals surface area contributed by atoms with Gasteiger partial charge in [0.1, 0.15) is 11.5 Å². The zero-order valence-corrected chi connectivity index (χ0v) is 20.9. The maximum atomic E-state index is 13.8. The molecule has 3 heterocycles. The highest BCUT2D eigenvalue weighted by Gasteiger charge is 2.93. The number of fused-ring (bicyclic) bond motifs is 19. The number of esters is 2. The van der Waals surface area contributed by atoms with Crippen LogP contribution in [0.5, 0.6) is 11.5 Å². The third kappa shape index (κ3) is 1.95. The first-order chi connectivity index (χ1) is 17.9. The number of methoxy groups -OCH3 is 4. The van der Waals surface area contributed by atoms with Crippen LogP contribution in [-0.2, 0) is 28.6 Å². The van der Waals surface area contributed by atoms with Crippen LogP contribution in [0.4, 0.5) is 0 Å². The number of carbonyl (C=O) groups is 3. The van der Waals surface area contributed by atoms with Crippen molar-refractivity contribution in [3.63, 3.8) is 0 Å². The molecular weight excluding hydrogens is 478 g/mol. The summed E-state index contributed by atoms with van der Waals surface area (Å²) in [5.41, 5.74) is -0.727. The summed E-state index contributed by atoms with van der Waals surface area (Å²) in [6.07, 6.45) is 0.727. The maximum Gasteiger partial charge on any atom is 0.338 e. The van der Waals surface area contributed by atoms with Gasteiger partial charge in [0.05, 0.1) is 34.4 Å².